The predicted octanol–water partition coefficient (Wildman–Crippen LogP) is 4.45. The molecule has 0 spiro atoms. The van der Waals surface area contributed by atoms with Crippen LogP contribution in [0.15, 0.2) is 47.4 Å². The third-order valence-electron chi connectivity index (χ3n) is 4.02. The summed E-state index contributed by atoms with van der Waals surface area (Å²) in [4.78, 5) is 15.2. The van der Waals surface area contributed by atoms with Gasteiger partial charge < -0.3 is 4.90 Å². The number of thioether (sulfide) groups is 1. The number of carbonyl (C=O) groups is 1. The lowest BCUT2D eigenvalue weighted by atomic mass is 10.0. The Bertz CT molecular complexity index is 678. The van der Waals surface area contributed by atoms with E-state index >= 15 is 0 Å². The molecule has 1 aliphatic heterocycles. The van der Waals surface area contributed by atoms with Crippen molar-refractivity contribution in [1.82, 2.24) is 4.90 Å². The number of benzene rings is 2. The van der Waals surface area contributed by atoms with Gasteiger partial charge in [0.25, 0.3) is 5.91 Å². The number of hydrogen-bond acceptors (Lipinski definition) is 2. The van der Waals surface area contributed by atoms with E-state index in [-0.39, 0.29) is 11.5 Å². The highest BCUT2D eigenvalue weighted by Gasteiger charge is 2.22. The molecule has 0 aliphatic carbocycles. The maximum Gasteiger partial charge on any atom is 0.256 e. The van der Waals surface area contributed by atoms with Crippen molar-refractivity contribution < 1.29 is 9.18 Å². The zero-order valence-corrected chi connectivity index (χ0v) is 13.3. The number of amides is 1. The molecule has 0 bridgehead atoms. The Morgan fingerprint density at radius 3 is 2.27 bits per heavy atom. The van der Waals surface area contributed by atoms with E-state index in [0.717, 1.165) is 37.1 Å². The Labute approximate surface area is 134 Å². The molecular weight excluding hydrogens is 297 g/mol. The summed E-state index contributed by atoms with van der Waals surface area (Å²) in [6.07, 6.45) is 4.04. The molecule has 2 aromatic rings. The van der Waals surface area contributed by atoms with Crippen LogP contribution in [0, 0.1) is 5.82 Å². The molecule has 0 atom stereocenters. The van der Waals surface area contributed by atoms with Gasteiger partial charge in [-0.05, 0) is 54.5 Å². The van der Waals surface area contributed by atoms with E-state index in [4.69, 9.17) is 0 Å². The number of carbonyl (C=O) groups excluding carboxylic acids is 1. The lowest BCUT2D eigenvalue weighted by Crippen LogP contribution is -2.28. The Hall–Kier alpha value is -1.81. The molecule has 2 aromatic carbocycles. The maximum absolute atomic E-state index is 14.3. The third kappa shape index (κ3) is 3.02. The highest BCUT2D eigenvalue weighted by atomic mass is 32.2. The summed E-state index contributed by atoms with van der Waals surface area (Å²) < 4.78 is 14.3. The Kier molecular flexibility index (Phi) is 4.48. The molecule has 3 rings (SSSR count). The number of hydrogen-bond donors (Lipinski definition) is 0. The maximum atomic E-state index is 14.3. The minimum atomic E-state index is -0.441. The molecule has 4 heteroatoms. The second-order valence-electron chi connectivity index (χ2n) is 5.42. The number of likely N-dealkylation sites (tertiary alicyclic amines) is 1. The average Bonchev–Trinajstić information content (AvgIpc) is 3.09. The van der Waals surface area contributed by atoms with Gasteiger partial charge in [0.1, 0.15) is 5.82 Å². The second-order valence-corrected chi connectivity index (χ2v) is 6.30. The van der Waals surface area contributed by atoms with Gasteiger partial charge in [0, 0.05) is 18.0 Å². The highest BCUT2D eigenvalue weighted by molar-refractivity contribution is 7.98. The van der Waals surface area contributed by atoms with Gasteiger partial charge in [0.05, 0.1) is 5.56 Å². The monoisotopic (exact) mass is 315 g/mol. The SMILES string of the molecule is CSc1ccc(-c2ccc(C(=O)N3CCCC3)c(F)c2)cc1. The molecule has 22 heavy (non-hydrogen) atoms. The van der Waals surface area contributed by atoms with Crippen LogP contribution in [0.2, 0.25) is 0 Å². The van der Waals surface area contributed by atoms with Gasteiger partial charge in [-0.2, -0.15) is 0 Å². The van der Waals surface area contributed by atoms with Crippen LogP contribution in [0.25, 0.3) is 11.1 Å². The summed E-state index contributed by atoms with van der Waals surface area (Å²) in [6, 6.07) is 12.9. The molecule has 1 fully saturated rings. The lowest BCUT2D eigenvalue weighted by molar-refractivity contribution is 0.0788. The molecule has 0 unspecified atom stereocenters. The molecule has 1 saturated heterocycles. The number of nitrogens with zero attached hydrogens (tertiary/aromatic N) is 1. The number of halogens is 1. The van der Waals surface area contributed by atoms with Gasteiger partial charge in [0.2, 0.25) is 0 Å². The molecule has 1 heterocycles. The molecule has 2 nitrogen and oxygen atoms in total. The van der Waals surface area contributed by atoms with E-state index in [1.54, 1.807) is 22.7 Å². The van der Waals surface area contributed by atoms with Crippen LogP contribution in [-0.2, 0) is 0 Å². The van der Waals surface area contributed by atoms with E-state index < -0.39 is 5.82 Å². The molecule has 1 amide bonds. The molecule has 114 valence electrons. The zero-order chi connectivity index (χ0) is 15.5. The molecule has 0 saturated carbocycles. The quantitative estimate of drug-likeness (QED) is 0.780. The van der Waals surface area contributed by atoms with Crippen molar-refractivity contribution in [1.29, 1.82) is 0 Å². The third-order valence-corrected chi connectivity index (χ3v) is 4.76. The fraction of sp³-hybridized carbons (Fsp3) is 0.278. The fourth-order valence-electron chi connectivity index (χ4n) is 2.74. The van der Waals surface area contributed by atoms with Gasteiger partial charge in [-0.25, -0.2) is 4.39 Å². The average molecular weight is 315 g/mol. The first-order valence-electron chi connectivity index (χ1n) is 7.42. The smallest absolute Gasteiger partial charge is 0.256 e. The van der Waals surface area contributed by atoms with Crippen molar-refractivity contribution in [2.75, 3.05) is 19.3 Å². The van der Waals surface area contributed by atoms with Gasteiger partial charge in [-0.1, -0.05) is 18.2 Å². The summed E-state index contributed by atoms with van der Waals surface area (Å²) in [7, 11) is 0. The first-order chi connectivity index (χ1) is 10.7. The van der Waals surface area contributed by atoms with Crippen molar-refractivity contribution in [3.05, 3.63) is 53.8 Å². The van der Waals surface area contributed by atoms with Crippen molar-refractivity contribution in [2.45, 2.75) is 17.7 Å². The molecule has 0 aromatic heterocycles. The summed E-state index contributed by atoms with van der Waals surface area (Å²) in [5, 5.41) is 0. The summed E-state index contributed by atoms with van der Waals surface area (Å²) >= 11 is 1.67. The predicted molar refractivity (Wildman–Crippen MR) is 88.8 cm³/mol. The molecule has 0 radical (unpaired) electrons. The molecular formula is C18H18FNOS. The summed E-state index contributed by atoms with van der Waals surface area (Å²) in [5.74, 6) is -0.636. The summed E-state index contributed by atoms with van der Waals surface area (Å²) in [6.45, 7) is 1.46. The van der Waals surface area contributed by atoms with E-state index in [1.165, 1.54) is 11.0 Å². The van der Waals surface area contributed by atoms with Gasteiger partial charge >= 0.3 is 0 Å². The van der Waals surface area contributed by atoms with Crippen molar-refractivity contribution in [3.63, 3.8) is 0 Å². The van der Waals surface area contributed by atoms with E-state index in [0.29, 0.717) is 0 Å². The van der Waals surface area contributed by atoms with Crippen LogP contribution in [-0.4, -0.2) is 30.2 Å². The second kappa shape index (κ2) is 6.53. The molecule has 0 N–H and O–H groups in total. The first-order valence-corrected chi connectivity index (χ1v) is 8.65. The van der Waals surface area contributed by atoms with Crippen molar-refractivity contribution in [2.24, 2.45) is 0 Å². The van der Waals surface area contributed by atoms with E-state index in [9.17, 15) is 9.18 Å². The van der Waals surface area contributed by atoms with Gasteiger partial charge in [-0.3, -0.25) is 4.79 Å². The van der Waals surface area contributed by atoms with Crippen LogP contribution >= 0.6 is 11.8 Å². The van der Waals surface area contributed by atoms with E-state index in [2.05, 4.69) is 0 Å². The lowest BCUT2D eigenvalue weighted by Gasteiger charge is -2.16. The van der Waals surface area contributed by atoms with Crippen LogP contribution in [0.5, 0.6) is 0 Å². The van der Waals surface area contributed by atoms with Gasteiger partial charge in [0.15, 0.2) is 0 Å². The van der Waals surface area contributed by atoms with Gasteiger partial charge in [-0.15, -0.1) is 11.8 Å². The minimum absolute atomic E-state index is 0.173. The normalized spacial score (nSPS) is 14.4. The standard InChI is InChI=1S/C18H18FNOS/c1-22-15-7-4-13(5-8-15)14-6-9-16(17(19)12-14)18(21)20-10-2-3-11-20/h4-9,12H,2-3,10-11H2,1H3. The van der Waals surface area contributed by atoms with Crippen LogP contribution in [0.3, 0.4) is 0 Å². The van der Waals surface area contributed by atoms with Crippen molar-refractivity contribution >= 4 is 17.7 Å². The summed E-state index contributed by atoms with van der Waals surface area (Å²) in [5.41, 5.74) is 1.92. The highest BCUT2D eigenvalue weighted by Crippen LogP contribution is 2.25. The minimum Gasteiger partial charge on any atom is -0.339 e. The number of rotatable bonds is 3. The Morgan fingerprint density at radius 1 is 1.05 bits per heavy atom. The van der Waals surface area contributed by atoms with E-state index in [1.807, 2.05) is 36.6 Å². The first kappa shape index (κ1) is 15.1. The Morgan fingerprint density at radius 2 is 1.68 bits per heavy atom. The zero-order valence-electron chi connectivity index (χ0n) is 12.5. The van der Waals surface area contributed by atoms with Crippen LogP contribution in [0.4, 0.5) is 4.39 Å². The topological polar surface area (TPSA) is 20.3 Å². The largest absolute Gasteiger partial charge is 0.339 e. The molecule has 1 aliphatic rings. The van der Waals surface area contributed by atoms with Crippen molar-refractivity contribution in [3.8, 4) is 11.1 Å². The van der Waals surface area contributed by atoms with Crippen LogP contribution in [0.1, 0.15) is 23.2 Å². The Balaban J connectivity index is 1.86. The van der Waals surface area contributed by atoms with Crippen LogP contribution < -0.4 is 0 Å². The fourth-order valence-corrected chi connectivity index (χ4v) is 3.15.